The van der Waals surface area contributed by atoms with E-state index in [0.29, 0.717) is 12.3 Å². The average molecular weight is 240 g/mol. The van der Waals surface area contributed by atoms with Gasteiger partial charge in [-0.25, -0.2) is 4.52 Å². The van der Waals surface area contributed by atoms with Crippen LogP contribution in [0.1, 0.15) is 5.56 Å². The number of benzene rings is 1. The predicted octanol–water partition coefficient (Wildman–Crippen LogP) is 1.89. The Hall–Kier alpha value is -2.56. The van der Waals surface area contributed by atoms with E-state index in [1.165, 1.54) is 0 Å². The first kappa shape index (κ1) is 10.6. The Balaban J connectivity index is 1.78. The first-order chi connectivity index (χ1) is 8.81. The monoisotopic (exact) mass is 240 g/mol. The number of nitrogens with zero attached hydrogens (tertiary/aromatic N) is 3. The normalized spacial score (nSPS) is 10.7. The van der Waals surface area contributed by atoms with Crippen LogP contribution in [0.15, 0.2) is 48.7 Å². The molecule has 0 spiro atoms. The number of hydrogen-bond acceptors (Lipinski definition) is 4. The molecule has 5 nitrogen and oxygen atoms in total. The highest BCUT2D eigenvalue weighted by Crippen LogP contribution is 2.15. The Morgan fingerprint density at radius 1 is 1.17 bits per heavy atom. The van der Waals surface area contributed by atoms with E-state index in [-0.39, 0.29) is 5.95 Å². The number of rotatable bonds is 3. The van der Waals surface area contributed by atoms with Gasteiger partial charge in [-0.15, -0.1) is 5.10 Å². The van der Waals surface area contributed by atoms with Crippen molar-refractivity contribution < 1.29 is 4.74 Å². The maximum absolute atomic E-state index is 5.69. The molecular formula is C13H12N4O. The summed E-state index contributed by atoms with van der Waals surface area (Å²) >= 11 is 0. The van der Waals surface area contributed by atoms with Gasteiger partial charge in [-0.2, -0.15) is 4.98 Å². The third kappa shape index (κ3) is 2.10. The fourth-order valence-corrected chi connectivity index (χ4v) is 1.71. The minimum atomic E-state index is 0.259. The molecule has 5 heteroatoms. The molecule has 0 aliphatic carbocycles. The van der Waals surface area contributed by atoms with Gasteiger partial charge in [0.2, 0.25) is 5.95 Å². The molecule has 0 atom stereocenters. The summed E-state index contributed by atoms with van der Waals surface area (Å²) in [4.78, 5) is 4.08. The van der Waals surface area contributed by atoms with Gasteiger partial charge in [0, 0.05) is 12.3 Å². The van der Waals surface area contributed by atoms with Crippen molar-refractivity contribution in [2.75, 3.05) is 5.73 Å². The maximum atomic E-state index is 5.69. The second-order valence-corrected chi connectivity index (χ2v) is 3.91. The smallest absolute Gasteiger partial charge is 0.240 e. The van der Waals surface area contributed by atoms with Gasteiger partial charge < -0.3 is 10.5 Å². The van der Waals surface area contributed by atoms with Crippen molar-refractivity contribution in [1.82, 2.24) is 14.6 Å². The molecule has 18 heavy (non-hydrogen) atoms. The number of aromatic nitrogens is 3. The summed E-state index contributed by atoms with van der Waals surface area (Å²) in [5.74, 6) is 1.01. The molecule has 0 saturated heterocycles. The second-order valence-electron chi connectivity index (χ2n) is 3.91. The van der Waals surface area contributed by atoms with E-state index >= 15 is 0 Å². The van der Waals surface area contributed by atoms with Crippen LogP contribution in [0.5, 0.6) is 5.75 Å². The lowest BCUT2D eigenvalue weighted by molar-refractivity contribution is 0.306. The Kier molecular flexibility index (Phi) is 2.57. The number of anilines is 1. The Labute approximate surface area is 104 Å². The maximum Gasteiger partial charge on any atom is 0.240 e. The summed E-state index contributed by atoms with van der Waals surface area (Å²) in [5, 5.41) is 4.00. The number of nitrogens with two attached hydrogens (primary N) is 1. The van der Waals surface area contributed by atoms with Crippen LogP contribution in [0.2, 0.25) is 0 Å². The minimum absolute atomic E-state index is 0.259. The first-order valence-electron chi connectivity index (χ1n) is 5.60. The van der Waals surface area contributed by atoms with Crippen molar-refractivity contribution in [1.29, 1.82) is 0 Å². The van der Waals surface area contributed by atoms with Crippen LogP contribution in [0.3, 0.4) is 0 Å². The van der Waals surface area contributed by atoms with Crippen LogP contribution >= 0.6 is 0 Å². The van der Waals surface area contributed by atoms with Crippen LogP contribution < -0.4 is 10.5 Å². The molecule has 90 valence electrons. The fourth-order valence-electron chi connectivity index (χ4n) is 1.71. The molecule has 0 aliphatic heterocycles. The lowest BCUT2D eigenvalue weighted by Crippen LogP contribution is -1.96. The van der Waals surface area contributed by atoms with Gasteiger partial charge in [0.25, 0.3) is 0 Å². The molecule has 3 aromatic rings. The zero-order valence-corrected chi connectivity index (χ0v) is 9.65. The third-order valence-corrected chi connectivity index (χ3v) is 2.57. The zero-order valence-electron chi connectivity index (χ0n) is 9.65. The zero-order chi connectivity index (χ0) is 12.4. The lowest BCUT2D eigenvalue weighted by Gasteiger charge is -2.05. The molecule has 2 aromatic heterocycles. The predicted molar refractivity (Wildman–Crippen MR) is 68.2 cm³/mol. The van der Waals surface area contributed by atoms with Gasteiger partial charge in [0.15, 0.2) is 5.65 Å². The molecule has 3 rings (SSSR count). The van der Waals surface area contributed by atoms with E-state index in [2.05, 4.69) is 10.1 Å². The summed E-state index contributed by atoms with van der Waals surface area (Å²) in [6, 6.07) is 13.6. The first-order valence-corrected chi connectivity index (χ1v) is 5.60. The molecule has 0 saturated carbocycles. The minimum Gasteiger partial charge on any atom is -0.489 e. The van der Waals surface area contributed by atoms with E-state index in [1.54, 1.807) is 10.7 Å². The molecule has 2 N–H and O–H groups in total. The van der Waals surface area contributed by atoms with Gasteiger partial charge in [-0.3, -0.25) is 0 Å². The van der Waals surface area contributed by atoms with Crippen LogP contribution in [0.25, 0.3) is 5.65 Å². The lowest BCUT2D eigenvalue weighted by atomic mass is 10.2. The van der Waals surface area contributed by atoms with Gasteiger partial charge in [0.1, 0.15) is 12.4 Å². The number of ether oxygens (including phenoxy) is 1. The quantitative estimate of drug-likeness (QED) is 0.759. The summed E-state index contributed by atoms with van der Waals surface area (Å²) < 4.78 is 7.30. The van der Waals surface area contributed by atoms with Gasteiger partial charge in [-0.05, 0) is 11.6 Å². The molecule has 0 aliphatic rings. The van der Waals surface area contributed by atoms with Gasteiger partial charge >= 0.3 is 0 Å². The van der Waals surface area contributed by atoms with Crippen molar-refractivity contribution >= 4 is 11.6 Å². The van der Waals surface area contributed by atoms with Crippen LogP contribution in [0, 0.1) is 0 Å². The van der Waals surface area contributed by atoms with E-state index in [0.717, 1.165) is 11.3 Å². The van der Waals surface area contributed by atoms with Crippen molar-refractivity contribution in [2.24, 2.45) is 0 Å². The van der Waals surface area contributed by atoms with Crippen molar-refractivity contribution in [2.45, 2.75) is 6.61 Å². The number of hydrogen-bond donors (Lipinski definition) is 1. The summed E-state index contributed by atoms with van der Waals surface area (Å²) in [5.41, 5.74) is 7.32. The second kappa shape index (κ2) is 4.37. The standard InChI is InChI=1S/C13H12N4O/c14-13-15-12-8-11(6-7-17(12)16-13)18-9-10-4-2-1-3-5-10/h1-8H,9H2,(H2,14,16). The summed E-state index contributed by atoms with van der Waals surface area (Å²) in [7, 11) is 0. The van der Waals surface area contributed by atoms with E-state index in [1.807, 2.05) is 42.5 Å². The Morgan fingerprint density at radius 3 is 2.83 bits per heavy atom. The molecule has 0 amide bonds. The fraction of sp³-hybridized carbons (Fsp3) is 0.0769. The highest BCUT2D eigenvalue weighted by Gasteiger charge is 2.02. The average Bonchev–Trinajstić information content (AvgIpc) is 2.77. The molecule has 0 fully saturated rings. The number of nitrogen functional groups attached to an aromatic ring is 1. The molecular weight excluding hydrogens is 228 g/mol. The van der Waals surface area contributed by atoms with Crippen LogP contribution in [-0.2, 0) is 6.61 Å². The summed E-state index contributed by atoms with van der Waals surface area (Å²) in [6.07, 6.45) is 1.78. The molecule has 0 radical (unpaired) electrons. The summed E-state index contributed by atoms with van der Waals surface area (Å²) in [6.45, 7) is 0.528. The van der Waals surface area contributed by atoms with Crippen LogP contribution in [-0.4, -0.2) is 14.6 Å². The highest BCUT2D eigenvalue weighted by molar-refractivity contribution is 5.46. The SMILES string of the molecule is Nc1nc2cc(OCc3ccccc3)ccn2n1. The Bertz CT molecular complexity index is 663. The van der Waals surface area contributed by atoms with Crippen molar-refractivity contribution in [3.8, 4) is 5.75 Å². The molecule has 0 bridgehead atoms. The molecule has 1 aromatic carbocycles. The van der Waals surface area contributed by atoms with Crippen molar-refractivity contribution in [3.05, 3.63) is 54.2 Å². The number of fused-ring (bicyclic) bond motifs is 1. The van der Waals surface area contributed by atoms with E-state index < -0.39 is 0 Å². The van der Waals surface area contributed by atoms with E-state index in [9.17, 15) is 0 Å². The van der Waals surface area contributed by atoms with Gasteiger partial charge in [-0.1, -0.05) is 30.3 Å². The number of pyridine rings is 1. The Morgan fingerprint density at radius 2 is 2.00 bits per heavy atom. The van der Waals surface area contributed by atoms with Gasteiger partial charge in [0.05, 0.1) is 0 Å². The molecule has 2 heterocycles. The van der Waals surface area contributed by atoms with E-state index in [4.69, 9.17) is 10.5 Å². The van der Waals surface area contributed by atoms with Crippen molar-refractivity contribution in [3.63, 3.8) is 0 Å². The topological polar surface area (TPSA) is 65.4 Å². The molecule has 0 unspecified atom stereocenters. The largest absolute Gasteiger partial charge is 0.489 e. The van der Waals surface area contributed by atoms with Crippen LogP contribution in [0.4, 0.5) is 5.95 Å². The third-order valence-electron chi connectivity index (χ3n) is 2.57. The highest BCUT2D eigenvalue weighted by atomic mass is 16.5.